The van der Waals surface area contributed by atoms with Crippen molar-refractivity contribution in [2.75, 3.05) is 6.54 Å². The monoisotopic (exact) mass is 174 g/mol. The van der Waals surface area contributed by atoms with E-state index in [9.17, 15) is 14.4 Å². The molecule has 6 heteroatoms. The van der Waals surface area contributed by atoms with E-state index >= 15 is 0 Å². The van der Waals surface area contributed by atoms with Crippen LogP contribution in [0.2, 0.25) is 0 Å². The highest BCUT2D eigenvalue weighted by atomic mass is 16.4. The molecule has 0 rings (SSSR count). The van der Waals surface area contributed by atoms with Gasteiger partial charge in [-0.05, 0) is 0 Å². The van der Waals surface area contributed by atoms with Gasteiger partial charge in [0.15, 0.2) is 0 Å². The molecule has 0 fully saturated rings. The van der Waals surface area contributed by atoms with E-state index < -0.39 is 24.3 Å². The highest BCUT2D eigenvalue weighted by molar-refractivity contribution is 5.83. The summed E-state index contributed by atoms with van der Waals surface area (Å²) in [4.78, 5) is 30.8. The zero-order valence-corrected chi connectivity index (χ0v) is 6.32. The lowest BCUT2D eigenvalue weighted by atomic mass is 10.2. The van der Waals surface area contributed by atoms with Crippen molar-refractivity contribution in [1.29, 1.82) is 0 Å². The summed E-state index contributed by atoms with van der Waals surface area (Å²) in [5.41, 5.74) is 4.93. The number of carbonyl (C=O) groups is 3. The van der Waals surface area contributed by atoms with Gasteiger partial charge in [-0.25, -0.2) is 0 Å². The van der Waals surface area contributed by atoms with Crippen LogP contribution in [0.25, 0.3) is 0 Å². The van der Waals surface area contributed by atoms with Crippen molar-refractivity contribution in [3.05, 3.63) is 0 Å². The van der Waals surface area contributed by atoms with Crippen LogP contribution in [0.5, 0.6) is 0 Å². The summed E-state index contributed by atoms with van der Waals surface area (Å²) in [7, 11) is 0. The lowest BCUT2D eigenvalue weighted by Crippen LogP contribution is -2.40. The molecule has 0 aliphatic heterocycles. The summed E-state index contributed by atoms with van der Waals surface area (Å²) in [6.45, 7) is -0.260. The molecule has 0 spiro atoms. The van der Waals surface area contributed by atoms with Gasteiger partial charge in [-0.1, -0.05) is 0 Å². The molecule has 4 N–H and O–H groups in total. The Balaban J connectivity index is 3.90. The van der Waals surface area contributed by atoms with Crippen LogP contribution in [-0.4, -0.2) is 35.9 Å². The summed E-state index contributed by atoms with van der Waals surface area (Å²) in [5, 5.41) is 10.4. The Morgan fingerprint density at radius 2 is 2.17 bits per heavy atom. The minimum absolute atomic E-state index is 0.260. The van der Waals surface area contributed by atoms with E-state index in [4.69, 9.17) is 10.8 Å². The number of carbonyl (C=O) groups excluding carboxylic acids is 2. The van der Waals surface area contributed by atoms with Crippen LogP contribution in [-0.2, 0) is 14.4 Å². The van der Waals surface area contributed by atoms with Gasteiger partial charge in [0.2, 0.25) is 5.91 Å². The second-order valence-corrected chi connectivity index (χ2v) is 2.11. The Bertz CT molecular complexity index is 192. The molecule has 0 saturated carbocycles. The second kappa shape index (κ2) is 5.25. The quantitative estimate of drug-likeness (QED) is 0.422. The van der Waals surface area contributed by atoms with Gasteiger partial charge in [0, 0.05) is 0 Å². The number of hydrogen-bond donors (Lipinski definition) is 3. The predicted octanol–water partition coefficient (Wildman–Crippen LogP) is -1.90. The first-order valence-corrected chi connectivity index (χ1v) is 3.26. The van der Waals surface area contributed by atoms with E-state index in [1.807, 2.05) is 0 Å². The molecular formula is C6H10N2O4. The van der Waals surface area contributed by atoms with Gasteiger partial charge in [0.05, 0.1) is 19.0 Å². The van der Waals surface area contributed by atoms with Crippen molar-refractivity contribution in [1.82, 2.24) is 5.32 Å². The average molecular weight is 174 g/mol. The van der Waals surface area contributed by atoms with Crippen molar-refractivity contribution in [2.45, 2.75) is 12.5 Å². The molecule has 0 bridgehead atoms. The molecule has 0 aliphatic rings. The molecule has 6 nitrogen and oxygen atoms in total. The van der Waals surface area contributed by atoms with E-state index in [0.717, 1.165) is 0 Å². The van der Waals surface area contributed by atoms with Crippen molar-refractivity contribution in [2.24, 2.45) is 5.73 Å². The number of amides is 1. The van der Waals surface area contributed by atoms with Crippen LogP contribution >= 0.6 is 0 Å². The molecule has 0 radical (unpaired) electrons. The van der Waals surface area contributed by atoms with Crippen LogP contribution in [0.15, 0.2) is 0 Å². The second-order valence-electron chi connectivity index (χ2n) is 2.11. The summed E-state index contributed by atoms with van der Waals surface area (Å²) < 4.78 is 0. The number of aldehydes is 1. The number of hydrogen-bond acceptors (Lipinski definition) is 4. The maximum absolute atomic E-state index is 10.6. The first-order chi connectivity index (χ1) is 5.60. The smallest absolute Gasteiger partial charge is 0.305 e. The maximum Gasteiger partial charge on any atom is 0.305 e. The molecule has 1 amide bonds. The van der Waals surface area contributed by atoms with Crippen LogP contribution in [0, 0.1) is 0 Å². The van der Waals surface area contributed by atoms with Crippen molar-refractivity contribution in [3.63, 3.8) is 0 Å². The van der Waals surface area contributed by atoms with E-state index in [2.05, 4.69) is 5.32 Å². The average Bonchev–Trinajstić information content (AvgIpc) is 2.02. The maximum atomic E-state index is 10.6. The van der Waals surface area contributed by atoms with Gasteiger partial charge in [0.25, 0.3) is 0 Å². The molecule has 68 valence electrons. The topological polar surface area (TPSA) is 109 Å². The fourth-order valence-electron chi connectivity index (χ4n) is 0.587. The largest absolute Gasteiger partial charge is 0.481 e. The molecule has 0 aromatic carbocycles. The van der Waals surface area contributed by atoms with E-state index in [0.29, 0.717) is 6.29 Å². The van der Waals surface area contributed by atoms with Gasteiger partial charge in [-0.3, -0.25) is 9.59 Å². The highest BCUT2D eigenvalue weighted by Crippen LogP contribution is 1.87. The van der Waals surface area contributed by atoms with Gasteiger partial charge in [0.1, 0.15) is 6.29 Å². The summed E-state index contributed by atoms with van der Waals surface area (Å²) >= 11 is 0. The third kappa shape index (κ3) is 4.40. The number of carboxylic acids is 1. The first kappa shape index (κ1) is 10.6. The number of nitrogens with one attached hydrogen (secondary N) is 1. The van der Waals surface area contributed by atoms with E-state index in [1.54, 1.807) is 0 Å². The predicted molar refractivity (Wildman–Crippen MR) is 39.3 cm³/mol. The molecule has 0 heterocycles. The Morgan fingerprint density at radius 3 is 2.50 bits per heavy atom. The van der Waals surface area contributed by atoms with Crippen molar-refractivity contribution < 1.29 is 19.5 Å². The molecule has 12 heavy (non-hydrogen) atoms. The Labute approximate surface area is 68.7 Å². The lowest BCUT2D eigenvalue weighted by Gasteiger charge is -2.08. The fourth-order valence-corrected chi connectivity index (χ4v) is 0.587. The van der Waals surface area contributed by atoms with Gasteiger partial charge in [-0.15, -0.1) is 0 Å². The van der Waals surface area contributed by atoms with Gasteiger partial charge in [-0.2, -0.15) is 0 Å². The van der Waals surface area contributed by atoms with Gasteiger partial charge >= 0.3 is 5.97 Å². The standard InChI is InChI=1S/C6H10N2O4/c7-2-5(10)8-4(3-9)1-6(11)12/h3-4H,1-2,7H2,(H,8,10)(H,11,12)/t4-/m0/s1. The van der Waals surface area contributed by atoms with Crippen LogP contribution < -0.4 is 11.1 Å². The van der Waals surface area contributed by atoms with E-state index in [-0.39, 0.29) is 6.54 Å². The molecule has 1 atom stereocenters. The summed E-state index contributed by atoms with van der Waals surface area (Å²) in [6, 6.07) is -0.987. The number of aliphatic carboxylic acids is 1. The SMILES string of the molecule is NCC(=O)N[C@H](C=O)CC(=O)O. The minimum Gasteiger partial charge on any atom is -0.481 e. The summed E-state index contributed by atoms with van der Waals surface area (Å²) in [6.07, 6.45) is -0.0586. The normalized spacial score (nSPS) is 11.8. The molecule has 0 unspecified atom stereocenters. The highest BCUT2D eigenvalue weighted by Gasteiger charge is 2.13. The lowest BCUT2D eigenvalue weighted by molar-refractivity contribution is -0.138. The first-order valence-electron chi connectivity index (χ1n) is 3.26. The Kier molecular flexibility index (Phi) is 4.62. The molecular weight excluding hydrogens is 164 g/mol. The number of carboxylic acid groups (broad SMARTS) is 1. The molecule has 0 aliphatic carbocycles. The molecule has 0 aromatic heterocycles. The van der Waals surface area contributed by atoms with Crippen LogP contribution in [0.4, 0.5) is 0 Å². The van der Waals surface area contributed by atoms with E-state index in [1.165, 1.54) is 0 Å². The van der Waals surface area contributed by atoms with Crippen molar-refractivity contribution >= 4 is 18.2 Å². The third-order valence-corrected chi connectivity index (χ3v) is 1.09. The third-order valence-electron chi connectivity index (χ3n) is 1.09. The summed E-state index contributed by atoms with van der Waals surface area (Å²) in [5.74, 6) is -1.70. The number of nitrogens with two attached hydrogens (primary N) is 1. The van der Waals surface area contributed by atoms with Crippen LogP contribution in [0.3, 0.4) is 0 Å². The molecule has 0 aromatic rings. The Hall–Kier alpha value is -1.43. The fraction of sp³-hybridized carbons (Fsp3) is 0.500. The minimum atomic E-state index is -1.15. The number of rotatable bonds is 5. The Morgan fingerprint density at radius 1 is 1.58 bits per heavy atom. The zero-order valence-electron chi connectivity index (χ0n) is 6.32. The van der Waals surface area contributed by atoms with Crippen LogP contribution in [0.1, 0.15) is 6.42 Å². The zero-order chi connectivity index (χ0) is 9.56. The van der Waals surface area contributed by atoms with Crippen molar-refractivity contribution in [3.8, 4) is 0 Å². The van der Waals surface area contributed by atoms with Gasteiger partial charge < -0.3 is 21.0 Å². The molecule has 0 saturated heterocycles.